The molecule has 19 heavy (non-hydrogen) atoms. The highest BCUT2D eigenvalue weighted by Crippen LogP contribution is 2.14. The lowest BCUT2D eigenvalue weighted by molar-refractivity contribution is 0.0696. The van der Waals surface area contributed by atoms with Gasteiger partial charge in [-0.25, -0.2) is 4.79 Å². The molecule has 0 radical (unpaired) electrons. The predicted octanol–water partition coefficient (Wildman–Crippen LogP) is 3.12. The molecule has 0 saturated carbocycles. The van der Waals surface area contributed by atoms with Gasteiger partial charge in [-0.2, -0.15) is 0 Å². The number of carbonyl (C=O) groups is 2. The quantitative estimate of drug-likeness (QED) is 0.853. The molecule has 2 rings (SSSR count). The van der Waals surface area contributed by atoms with E-state index in [0.29, 0.717) is 5.56 Å². The Morgan fingerprint density at radius 3 is 2.26 bits per heavy atom. The van der Waals surface area contributed by atoms with Crippen LogP contribution in [-0.4, -0.2) is 16.9 Å². The van der Waals surface area contributed by atoms with Gasteiger partial charge in [-0.3, -0.25) is 4.79 Å². The zero-order chi connectivity index (χ0) is 13.8. The fourth-order valence-corrected chi connectivity index (χ4v) is 1.93. The van der Waals surface area contributed by atoms with Crippen LogP contribution >= 0.6 is 0 Å². The second-order valence-corrected chi connectivity index (χ2v) is 4.41. The minimum Gasteiger partial charge on any atom is -0.478 e. The van der Waals surface area contributed by atoms with Gasteiger partial charge in [-0.15, -0.1) is 0 Å². The predicted molar refractivity (Wildman–Crippen MR) is 72.6 cm³/mol. The first kappa shape index (κ1) is 13.0. The molecule has 0 saturated heterocycles. The third kappa shape index (κ3) is 3.07. The summed E-state index contributed by atoms with van der Waals surface area (Å²) in [5, 5.41) is 8.89. The first-order valence-corrected chi connectivity index (χ1v) is 5.99. The van der Waals surface area contributed by atoms with Crippen LogP contribution < -0.4 is 0 Å². The van der Waals surface area contributed by atoms with Crippen molar-refractivity contribution in [2.45, 2.75) is 13.3 Å². The van der Waals surface area contributed by atoms with E-state index in [9.17, 15) is 9.59 Å². The number of carboxylic acid groups (broad SMARTS) is 1. The van der Waals surface area contributed by atoms with Crippen molar-refractivity contribution >= 4 is 11.8 Å². The van der Waals surface area contributed by atoms with E-state index in [4.69, 9.17) is 5.11 Å². The second-order valence-electron chi connectivity index (χ2n) is 4.41. The highest BCUT2D eigenvalue weighted by Gasteiger charge is 2.10. The van der Waals surface area contributed by atoms with Gasteiger partial charge in [0.05, 0.1) is 5.56 Å². The Morgan fingerprint density at radius 2 is 1.68 bits per heavy atom. The molecule has 0 spiro atoms. The summed E-state index contributed by atoms with van der Waals surface area (Å²) in [5.41, 5.74) is 2.60. The Balaban J connectivity index is 2.20. The Labute approximate surface area is 111 Å². The number of ketones is 1. The second kappa shape index (κ2) is 5.48. The van der Waals surface area contributed by atoms with E-state index in [0.717, 1.165) is 11.1 Å². The maximum absolute atomic E-state index is 12.1. The van der Waals surface area contributed by atoms with Crippen molar-refractivity contribution in [1.82, 2.24) is 0 Å². The number of Topliss-reactive ketones (excluding diaryl/α,β-unsaturated/α-hetero) is 1. The summed E-state index contributed by atoms with van der Waals surface area (Å²) < 4.78 is 0. The summed E-state index contributed by atoms with van der Waals surface area (Å²) in [6, 6.07) is 13.9. The Bertz CT molecular complexity index is 615. The largest absolute Gasteiger partial charge is 0.478 e. The SMILES string of the molecule is Cc1cc(C(=O)O)ccc1CC(=O)c1ccccc1. The van der Waals surface area contributed by atoms with Gasteiger partial charge in [0.1, 0.15) is 0 Å². The van der Waals surface area contributed by atoms with Crippen LogP contribution in [0.1, 0.15) is 31.8 Å². The number of benzene rings is 2. The zero-order valence-electron chi connectivity index (χ0n) is 10.6. The van der Waals surface area contributed by atoms with E-state index in [1.807, 2.05) is 25.1 Å². The number of aryl methyl sites for hydroxylation is 1. The molecule has 3 nitrogen and oxygen atoms in total. The van der Waals surface area contributed by atoms with Gasteiger partial charge in [-0.05, 0) is 30.2 Å². The van der Waals surface area contributed by atoms with Gasteiger partial charge in [0.15, 0.2) is 5.78 Å². The number of carboxylic acids is 1. The molecule has 0 fully saturated rings. The maximum atomic E-state index is 12.1. The molecule has 0 aliphatic carbocycles. The van der Waals surface area contributed by atoms with E-state index in [1.165, 1.54) is 6.07 Å². The number of hydrogen-bond acceptors (Lipinski definition) is 2. The van der Waals surface area contributed by atoms with Crippen LogP contribution in [0.3, 0.4) is 0 Å². The fourth-order valence-electron chi connectivity index (χ4n) is 1.93. The summed E-state index contributed by atoms with van der Waals surface area (Å²) >= 11 is 0. The molecule has 0 atom stereocenters. The van der Waals surface area contributed by atoms with Crippen molar-refractivity contribution in [3.05, 3.63) is 70.8 Å². The normalized spacial score (nSPS) is 10.2. The summed E-state index contributed by atoms with van der Waals surface area (Å²) in [6.07, 6.45) is 0.287. The van der Waals surface area contributed by atoms with Gasteiger partial charge in [0.2, 0.25) is 0 Å². The first-order chi connectivity index (χ1) is 9.08. The standard InChI is InChI=1S/C16H14O3/c1-11-9-14(16(18)19)8-7-13(11)10-15(17)12-5-3-2-4-6-12/h2-9H,10H2,1H3,(H,18,19). The average molecular weight is 254 g/mol. The molecule has 0 heterocycles. The van der Waals surface area contributed by atoms with Crippen molar-refractivity contribution in [1.29, 1.82) is 0 Å². The molecule has 0 unspecified atom stereocenters. The van der Waals surface area contributed by atoms with Gasteiger partial charge in [-0.1, -0.05) is 36.4 Å². The van der Waals surface area contributed by atoms with E-state index in [1.54, 1.807) is 24.3 Å². The van der Waals surface area contributed by atoms with Crippen LogP contribution in [0.5, 0.6) is 0 Å². The van der Waals surface area contributed by atoms with Gasteiger partial charge in [0, 0.05) is 12.0 Å². The lowest BCUT2D eigenvalue weighted by Gasteiger charge is -2.06. The van der Waals surface area contributed by atoms with Crippen LogP contribution in [0.25, 0.3) is 0 Å². The minimum atomic E-state index is -0.955. The lowest BCUT2D eigenvalue weighted by atomic mass is 9.98. The number of aromatic carboxylic acids is 1. The first-order valence-electron chi connectivity index (χ1n) is 5.99. The van der Waals surface area contributed by atoms with E-state index in [-0.39, 0.29) is 17.8 Å². The maximum Gasteiger partial charge on any atom is 0.335 e. The molecule has 96 valence electrons. The van der Waals surface area contributed by atoms with Gasteiger partial charge < -0.3 is 5.11 Å². The molecule has 1 N–H and O–H groups in total. The molecular weight excluding hydrogens is 240 g/mol. The summed E-state index contributed by atoms with van der Waals surface area (Å²) in [6.45, 7) is 1.82. The van der Waals surface area contributed by atoms with Gasteiger partial charge >= 0.3 is 5.97 Å². The monoisotopic (exact) mass is 254 g/mol. The van der Waals surface area contributed by atoms with Crippen molar-refractivity contribution in [3.8, 4) is 0 Å². The van der Waals surface area contributed by atoms with Crippen LogP contribution in [0.15, 0.2) is 48.5 Å². The molecular formula is C16H14O3. The summed E-state index contributed by atoms with van der Waals surface area (Å²) in [4.78, 5) is 22.9. The molecule has 0 aliphatic heterocycles. The Morgan fingerprint density at radius 1 is 1.00 bits per heavy atom. The van der Waals surface area contributed by atoms with E-state index >= 15 is 0 Å². The summed E-state index contributed by atoms with van der Waals surface area (Å²) in [5.74, 6) is -0.921. The van der Waals surface area contributed by atoms with Crippen molar-refractivity contribution in [2.75, 3.05) is 0 Å². The fraction of sp³-hybridized carbons (Fsp3) is 0.125. The van der Waals surface area contributed by atoms with Crippen molar-refractivity contribution in [3.63, 3.8) is 0 Å². The molecule has 0 aromatic heterocycles. The lowest BCUT2D eigenvalue weighted by Crippen LogP contribution is -2.06. The van der Waals surface area contributed by atoms with Crippen LogP contribution in [-0.2, 0) is 6.42 Å². The van der Waals surface area contributed by atoms with E-state index in [2.05, 4.69) is 0 Å². The van der Waals surface area contributed by atoms with Crippen molar-refractivity contribution < 1.29 is 14.7 Å². The number of carbonyl (C=O) groups excluding carboxylic acids is 1. The molecule has 0 aliphatic rings. The smallest absolute Gasteiger partial charge is 0.335 e. The third-order valence-corrected chi connectivity index (χ3v) is 3.04. The molecule has 3 heteroatoms. The van der Waals surface area contributed by atoms with Gasteiger partial charge in [0.25, 0.3) is 0 Å². The van der Waals surface area contributed by atoms with Crippen molar-refractivity contribution in [2.24, 2.45) is 0 Å². The number of rotatable bonds is 4. The average Bonchev–Trinajstić information content (AvgIpc) is 2.41. The van der Waals surface area contributed by atoms with Crippen LogP contribution in [0.4, 0.5) is 0 Å². The van der Waals surface area contributed by atoms with Crippen LogP contribution in [0.2, 0.25) is 0 Å². The zero-order valence-corrected chi connectivity index (χ0v) is 10.6. The molecule has 0 bridgehead atoms. The molecule has 2 aromatic carbocycles. The third-order valence-electron chi connectivity index (χ3n) is 3.04. The minimum absolute atomic E-state index is 0.0341. The van der Waals surface area contributed by atoms with E-state index < -0.39 is 5.97 Å². The molecule has 0 amide bonds. The number of hydrogen-bond donors (Lipinski definition) is 1. The Kier molecular flexibility index (Phi) is 3.76. The highest BCUT2D eigenvalue weighted by atomic mass is 16.4. The highest BCUT2D eigenvalue weighted by molar-refractivity contribution is 5.97. The topological polar surface area (TPSA) is 54.4 Å². The molecule has 2 aromatic rings. The summed E-state index contributed by atoms with van der Waals surface area (Å²) in [7, 11) is 0. The Hall–Kier alpha value is -2.42. The van der Waals surface area contributed by atoms with Crippen LogP contribution in [0, 0.1) is 6.92 Å².